The van der Waals surface area contributed by atoms with Gasteiger partial charge in [0.15, 0.2) is 0 Å². The number of aliphatic hydroxyl groups excluding tert-OH is 2. The van der Waals surface area contributed by atoms with Crippen molar-refractivity contribution in [1.82, 2.24) is 10.6 Å². The lowest BCUT2D eigenvalue weighted by Crippen LogP contribution is -2.38. The fourth-order valence-corrected chi connectivity index (χ4v) is 3.18. The van der Waals surface area contributed by atoms with Crippen molar-refractivity contribution in [2.45, 2.75) is 122 Å². The molecule has 0 amide bonds. The molecule has 0 aromatic carbocycles. The van der Waals surface area contributed by atoms with E-state index in [0.29, 0.717) is 39.5 Å². The van der Waals surface area contributed by atoms with Crippen LogP contribution in [0.2, 0.25) is 0 Å². The molecule has 0 radical (unpaired) electrons. The molecule has 4 N–H and O–H groups in total. The topological polar surface area (TPSA) is 120 Å². The van der Waals surface area contributed by atoms with Crippen LogP contribution in [0.3, 0.4) is 0 Å². The lowest BCUT2D eigenvalue weighted by molar-refractivity contribution is -0.0963. The Morgan fingerprint density at radius 3 is 1.21 bits per heavy atom. The highest BCUT2D eigenvalue weighted by atomic mass is 16.7. The number of ether oxygens (including phenoxy) is 6. The fourth-order valence-electron chi connectivity index (χ4n) is 3.18. The van der Waals surface area contributed by atoms with E-state index in [9.17, 15) is 10.2 Å². The lowest BCUT2D eigenvalue weighted by atomic mass is 10.1. The van der Waals surface area contributed by atoms with Crippen LogP contribution in [0, 0.1) is 0 Å². The third-order valence-corrected chi connectivity index (χ3v) is 4.94. The molecule has 0 aliphatic rings. The summed E-state index contributed by atoms with van der Waals surface area (Å²) < 4.78 is 31.9. The van der Waals surface area contributed by atoms with Gasteiger partial charge in [0.1, 0.15) is 6.79 Å². The highest BCUT2D eigenvalue weighted by Gasteiger charge is 2.13. The summed E-state index contributed by atoms with van der Waals surface area (Å²) in [6.07, 6.45) is 0.634. The van der Waals surface area contributed by atoms with Crippen molar-refractivity contribution in [2.24, 2.45) is 0 Å². The van der Waals surface area contributed by atoms with E-state index in [4.69, 9.17) is 28.4 Å². The molecule has 0 rings (SSSR count). The third-order valence-electron chi connectivity index (χ3n) is 4.94. The van der Waals surface area contributed by atoms with Gasteiger partial charge in [-0.1, -0.05) is 44.6 Å². The minimum atomic E-state index is -0.638. The Morgan fingerprint density at radius 2 is 0.897 bits per heavy atom. The zero-order valence-corrected chi connectivity index (χ0v) is 21.6. The standard InChI is InChI=1S/C23H50N2O8.6CH4/c1-18(11-20(3)32-9-7-28-5)24-13-22(26)15-30-17-31-16-23(27)14-25-19(2)12-21(4)33-10-8-29-6;;;;;;/h18-27H,7-17H2,1-6H3;6*1H4. The van der Waals surface area contributed by atoms with Gasteiger partial charge in [0.25, 0.3) is 0 Å². The summed E-state index contributed by atoms with van der Waals surface area (Å²) in [6.45, 7) is 11.7. The van der Waals surface area contributed by atoms with Gasteiger partial charge in [-0.15, -0.1) is 0 Å². The maximum atomic E-state index is 10.0. The van der Waals surface area contributed by atoms with Gasteiger partial charge in [0.05, 0.1) is 64.1 Å². The van der Waals surface area contributed by atoms with E-state index in [1.165, 1.54) is 0 Å². The first-order chi connectivity index (χ1) is 15.8. The van der Waals surface area contributed by atoms with Crippen LogP contribution in [0.1, 0.15) is 85.1 Å². The molecule has 0 spiro atoms. The second-order valence-electron chi connectivity index (χ2n) is 8.61. The molecule has 248 valence electrons. The lowest BCUT2D eigenvalue weighted by Gasteiger charge is -2.21. The molecule has 0 heterocycles. The molecule has 10 nitrogen and oxygen atoms in total. The van der Waals surface area contributed by atoms with Crippen molar-refractivity contribution in [3.8, 4) is 0 Å². The summed E-state index contributed by atoms with van der Waals surface area (Å²) in [4.78, 5) is 0. The Balaban J connectivity index is -0.000000341. The molecular formula is C29H74N2O8. The molecular weight excluding hydrogens is 504 g/mol. The third kappa shape index (κ3) is 37.6. The largest absolute Gasteiger partial charge is 0.389 e. The van der Waals surface area contributed by atoms with E-state index < -0.39 is 12.2 Å². The van der Waals surface area contributed by atoms with Gasteiger partial charge in [0.2, 0.25) is 0 Å². The van der Waals surface area contributed by atoms with Crippen LogP contribution in [0.25, 0.3) is 0 Å². The quantitative estimate of drug-likeness (QED) is 0.0972. The van der Waals surface area contributed by atoms with Crippen molar-refractivity contribution < 1.29 is 38.6 Å². The predicted octanol–water partition coefficient (Wildman–Crippen LogP) is 4.35. The molecule has 0 aliphatic heterocycles. The van der Waals surface area contributed by atoms with Crippen molar-refractivity contribution in [2.75, 3.05) is 73.7 Å². The molecule has 0 saturated carbocycles. The molecule has 39 heavy (non-hydrogen) atoms. The summed E-state index contributed by atoms with van der Waals surface area (Å²) in [5.41, 5.74) is 0. The van der Waals surface area contributed by atoms with Crippen LogP contribution < -0.4 is 10.6 Å². The van der Waals surface area contributed by atoms with Crippen molar-refractivity contribution in [3.63, 3.8) is 0 Å². The molecule has 6 atom stereocenters. The SMILES string of the molecule is C.C.C.C.C.C.COCCOC(C)CC(C)NCC(O)COCOCC(O)CNC(C)CC(C)OCCOC. The molecule has 0 aromatic rings. The van der Waals surface area contributed by atoms with E-state index in [2.05, 4.69) is 24.5 Å². The number of aliphatic hydroxyl groups is 2. The number of hydrogen-bond acceptors (Lipinski definition) is 10. The van der Waals surface area contributed by atoms with Crippen LogP contribution in [0.4, 0.5) is 0 Å². The molecule has 0 saturated heterocycles. The molecule has 0 aromatic heterocycles. The van der Waals surface area contributed by atoms with E-state index in [0.717, 1.165) is 12.8 Å². The van der Waals surface area contributed by atoms with E-state index in [1.54, 1.807) is 14.2 Å². The first-order valence-electron chi connectivity index (χ1n) is 12.0. The van der Waals surface area contributed by atoms with Crippen LogP contribution in [0.15, 0.2) is 0 Å². The number of hydrogen-bond donors (Lipinski definition) is 4. The molecule has 0 fully saturated rings. The Labute approximate surface area is 244 Å². The predicted molar refractivity (Wildman–Crippen MR) is 168 cm³/mol. The average Bonchev–Trinajstić information content (AvgIpc) is 2.76. The van der Waals surface area contributed by atoms with Crippen LogP contribution >= 0.6 is 0 Å². The van der Waals surface area contributed by atoms with Crippen molar-refractivity contribution in [3.05, 3.63) is 0 Å². The maximum absolute atomic E-state index is 10.0. The molecule has 0 aliphatic carbocycles. The smallest absolute Gasteiger partial charge is 0.146 e. The minimum absolute atomic E-state index is 0. The summed E-state index contributed by atoms with van der Waals surface area (Å²) in [7, 11) is 3.30. The van der Waals surface area contributed by atoms with E-state index >= 15 is 0 Å². The second kappa shape index (κ2) is 37.6. The normalized spacial score (nSPS) is 14.8. The van der Waals surface area contributed by atoms with Gasteiger partial charge in [0, 0.05) is 39.4 Å². The first-order valence-corrected chi connectivity index (χ1v) is 12.0. The van der Waals surface area contributed by atoms with Crippen LogP contribution in [0.5, 0.6) is 0 Å². The Bertz CT molecular complexity index is 389. The summed E-state index contributed by atoms with van der Waals surface area (Å²) in [5, 5.41) is 26.6. The molecule has 10 heteroatoms. The van der Waals surface area contributed by atoms with Gasteiger partial charge in [-0.25, -0.2) is 0 Å². The highest BCUT2D eigenvalue weighted by molar-refractivity contribution is 4.69. The van der Waals surface area contributed by atoms with E-state index in [-0.39, 0.29) is 88.9 Å². The monoisotopic (exact) mass is 579 g/mol. The zero-order chi connectivity index (χ0) is 24.9. The van der Waals surface area contributed by atoms with Gasteiger partial charge in [-0.3, -0.25) is 0 Å². The Morgan fingerprint density at radius 1 is 0.564 bits per heavy atom. The Hall–Kier alpha value is -0.400. The fraction of sp³-hybridized carbons (Fsp3) is 1.00. The number of methoxy groups -OCH3 is 2. The number of nitrogens with one attached hydrogen (secondary N) is 2. The van der Waals surface area contributed by atoms with Crippen molar-refractivity contribution >= 4 is 0 Å². The van der Waals surface area contributed by atoms with Crippen LogP contribution in [-0.2, 0) is 28.4 Å². The average molecular weight is 579 g/mol. The minimum Gasteiger partial charge on any atom is -0.389 e. The van der Waals surface area contributed by atoms with Crippen LogP contribution in [-0.4, -0.2) is 120 Å². The molecule has 0 bridgehead atoms. The molecule has 6 unspecified atom stereocenters. The maximum Gasteiger partial charge on any atom is 0.146 e. The number of rotatable bonds is 24. The summed E-state index contributed by atoms with van der Waals surface area (Å²) >= 11 is 0. The van der Waals surface area contributed by atoms with E-state index in [1.807, 2.05) is 13.8 Å². The highest BCUT2D eigenvalue weighted by Crippen LogP contribution is 2.03. The first kappa shape index (κ1) is 54.6. The summed E-state index contributed by atoms with van der Waals surface area (Å²) in [5.74, 6) is 0. The summed E-state index contributed by atoms with van der Waals surface area (Å²) in [6, 6.07) is 0.414. The van der Waals surface area contributed by atoms with Gasteiger partial charge >= 0.3 is 0 Å². The zero-order valence-electron chi connectivity index (χ0n) is 21.6. The van der Waals surface area contributed by atoms with Gasteiger partial charge in [-0.05, 0) is 40.5 Å². The Kier molecular flexibility index (Phi) is 52.7. The van der Waals surface area contributed by atoms with Crippen molar-refractivity contribution in [1.29, 1.82) is 0 Å². The van der Waals surface area contributed by atoms with Gasteiger partial charge in [-0.2, -0.15) is 0 Å². The van der Waals surface area contributed by atoms with Gasteiger partial charge < -0.3 is 49.3 Å². The second-order valence-corrected chi connectivity index (χ2v) is 8.61.